The molecule has 0 radical (unpaired) electrons. The first-order valence-corrected chi connectivity index (χ1v) is 10.7. The lowest BCUT2D eigenvalue weighted by atomic mass is 9.82. The topological polar surface area (TPSA) is 88.0 Å². The summed E-state index contributed by atoms with van der Waals surface area (Å²) in [5, 5.41) is 23.8. The summed E-state index contributed by atoms with van der Waals surface area (Å²) in [4.78, 5) is 11.3. The van der Waals surface area contributed by atoms with Gasteiger partial charge in [-0.2, -0.15) is 0 Å². The van der Waals surface area contributed by atoms with Crippen molar-refractivity contribution < 1.29 is 24.5 Å². The number of aliphatic hydroxyl groups excluding tert-OH is 2. The van der Waals surface area contributed by atoms with Crippen LogP contribution < -0.4 is 10.1 Å². The second kappa shape index (κ2) is 9.39. The summed E-state index contributed by atoms with van der Waals surface area (Å²) in [5.41, 5.74) is 3.61. The predicted molar refractivity (Wildman–Crippen MR) is 120 cm³/mol. The summed E-state index contributed by atoms with van der Waals surface area (Å²) in [6.07, 6.45) is -2.39. The quantitative estimate of drug-likeness (QED) is 0.659. The van der Waals surface area contributed by atoms with Gasteiger partial charge in [0, 0.05) is 19.4 Å². The second-order valence-electron chi connectivity index (χ2n) is 8.90. The highest BCUT2D eigenvalue weighted by atomic mass is 16.7. The molecule has 0 spiro atoms. The summed E-state index contributed by atoms with van der Waals surface area (Å²) in [7, 11) is 0. The predicted octanol–water partition coefficient (Wildman–Crippen LogP) is 3.21. The van der Waals surface area contributed by atoms with Crippen LogP contribution >= 0.6 is 0 Å². The highest BCUT2D eigenvalue weighted by Crippen LogP contribution is 2.36. The zero-order valence-corrected chi connectivity index (χ0v) is 18.9. The maximum atomic E-state index is 11.3. The van der Waals surface area contributed by atoms with E-state index in [-0.39, 0.29) is 11.8 Å². The molecule has 31 heavy (non-hydrogen) atoms. The Kier molecular flexibility index (Phi) is 7.04. The molecule has 0 aromatic heterocycles. The lowest BCUT2D eigenvalue weighted by molar-refractivity contribution is -0.284. The maximum Gasteiger partial charge on any atom is 0.229 e. The number of hydrogen-bond donors (Lipinski definition) is 3. The number of nitrogens with one attached hydrogen (secondary N) is 1. The summed E-state index contributed by atoms with van der Waals surface area (Å²) >= 11 is 0. The molecule has 3 rings (SSSR count). The molecule has 1 heterocycles. The first-order valence-electron chi connectivity index (χ1n) is 10.7. The van der Waals surface area contributed by atoms with E-state index in [2.05, 4.69) is 11.4 Å². The number of carbonyl (C=O) groups is 1. The molecule has 0 saturated carbocycles. The van der Waals surface area contributed by atoms with E-state index >= 15 is 0 Å². The van der Waals surface area contributed by atoms with Gasteiger partial charge in [0.15, 0.2) is 0 Å². The van der Waals surface area contributed by atoms with Gasteiger partial charge >= 0.3 is 0 Å². The molecule has 2 aromatic carbocycles. The van der Waals surface area contributed by atoms with Crippen LogP contribution in [0.2, 0.25) is 0 Å². The van der Waals surface area contributed by atoms with E-state index < -0.39 is 24.1 Å². The lowest BCUT2D eigenvalue weighted by Gasteiger charge is -2.46. The fourth-order valence-electron chi connectivity index (χ4n) is 3.87. The fraction of sp³-hybridized carbons (Fsp3) is 0.480. The Morgan fingerprint density at radius 2 is 1.90 bits per heavy atom. The van der Waals surface area contributed by atoms with Crippen LogP contribution in [-0.4, -0.2) is 46.8 Å². The van der Waals surface area contributed by atoms with Gasteiger partial charge in [-0.05, 0) is 56.0 Å². The largest absolute Gasteiger partial charge is 0.462 e. The van der Waals surface area contributed by atoms with Crippen molar-refractivity contribution in [1.29, 1.82) is 0 Å². The monoisotopic (exact) mass is 427 g/mol. The molecule has 4 atom stereocenters. The molecule has 1 fully saturated rings. The number of hydrogen-bond acceptors (Lipinski definition) is 5. The number of aliphatic hydroxyl groups is 2. The molecular formula is C25H33NO5. The van der Waals surface area contributed by atoms with Crippen molar-refractivity contribution >= 4 is 5.91 Å². The fourth-order valence-corrected chi connectivity index (χ4v) is 3.87. The Morgan fingerprint density at radius 3 is 2.58 bits per heavy atom. The van der Waals surface area contributed by atoms with Gasteiger partial charge in [0.1, 0.15) is 11.9 Å². The van der Waals surface area contributed by atoms with Crippen LogP contribution in [0.25, 0.3) is 11.1 Å². The molecule has 0 bridgehead atoms. The molecular weight excluding hydrogens is 394 g/mol. The third kappa shape index (κ3) is 5.45. The molecule has 1 aliphatic rings. The molecule has 0 aliphatic carbocycles. The molecule has 2 aromatic rings. The van der Waals surface area contributed by atoms with Gasteiger partial charge in [-0.3, -0.25) is 4.79 Å². The smallest absolute Gasteiger partial charge is 0.229 e. The Hall–Kier alpha value is -2.41. The van der Waals surface area contributed by atoms with Crippen molar-refractivity contribution in [2.24, 2.45) is 5.92 Å². The van der Waals surface area contributed by atoms with Gasteiger partial charge in [-0.25, -0.2) is 0 Å². The van der Waals surface area contributed by atoms with Gasteiger partial charge in [-0.1, -0.05) is 42.8 Å². The average Bonchev–Trinajstić information content (AvgIpc) is 2.71. The minimum absolute atomic E-state index is 0.0594. The third-order valence-electron chi connectivity index (χ3n) is 6.09. The standard InChI is InChI=1S/C25H33NO5/c1-15-7-6-8-19(13-15)21-14-20(10-9-18(21)11-12-26-17(3)27)30-24-23(29)22(28)16(2)25(4,5)31-24/h6-10,13-14,16,22-24,28-29H,11-12H2,1-5H3,(H,26,27)/t16-,22-,23-,24-/m1/s1. The van der Waals surface area contributed by atoms with Crippen molar-refractivity contribution in [3.8, 4) is 16.9 Å². The molecule has 6 nitrogen and oxygen atoms in total. The normalized spacial score (nSPS) is 25.1. The molecule has 1 saturated heterocycles. The van der Waals surface area contributed by atoms with E-state index in [1.807, 2.05) is 64.1 Å². The number of ether oxygens (including phenoxy) is 2. The van der Waals surface area contributed by atoms with Gasteiger partial charge in [0.2, 0.25) is 12.2 Å². The maximum absolute atomic E-state index is 11.3. The van der Waals surface area contributed by atoms with Crippen LogP contribution in [0.1, 0.15) is 38.8 Å². The summed E-state index contributed by atoms with van der Waals surface area (Å²) in [5.74, 6) is 0.249. The van der Waals surface area contributed by atoms with Crippen LogP contribution in [0.5, 0.6) is 5.75 Å². The number of benzene rings is 2. The van der Waals surface area contributed by atoms with Crippen LogP contribution in [0.3, 0.4) is 0 Å². The SMILES string of the molecule is CC(=O)NCCc1ccc(O[C@@H]2OC(C)(C)[C@H](C)[C@@H](O)[C@H]2O)cc1-c1cccc(C)c1. The van der Waals surface area contributed by atoms with Crippen molar-refractivity contribution in [3.63, 3.8) is 0 Å². The van der Waals surface area contributed by atoms with Crippen molar-refractivity contribution in [2.45, 2.75) is 65.1 Å². The van der Waals surface area contributed by atoms with Crippen LogP contribution in [-0.2, 0) is 16.0 Å². The Labute approximate surface area is 184 Å². The lowest BCUT2D eigenvalue weighted by Crippen LogP contribution is -2.59. The molecule has 1 aliphatic heterocycles. The molecule has 0 unspecified atom stereocenters. The summed E-state index contributed by atoms with van der Waals surface area (Å²) in [6.45, 7) is 9.70. The number of carbonyl (C=O) groups excluding carboxylic acids is 1. The zero-order chi connectivity index (χ0) is 22.8. The first-order chi connectivity index (χ1) is 14.6. The second-order valence-corrected chi connectivity index (χ2v) is 8.90. The van der Waals surface area contributed by atoms with E-state index in [0.717, 1.165) is 22.3 Å². The molecule has 1 amide bonds. The van der Waals surface area contributed by atoms with E-state index in [1.54, 1.807) is 0 Å². The van der Waals surface area contributed by atoms with Gasteiger partial charge in [0.25, 0.3) is 0 Å². The molecule has 168 valence electrons. The zero-order valence-electron chi connectivity index (χ0n) is 18.9. The van der Waals surface area contributed by atoms with Crippen molar-refractivity contribution in [3.05, 3.63) is 53.6 Å². The van der Waals surface area contributed by atoms with E-state index in [9.17, 15) is 15.0 Å². The van der Waals surface area contributed by atoms with E-state index in [0.29, 0.717) is 18.7 Å². The number of aryl methyl sites for hydroxylation is 1. The van der Waals surface area contributed by atoms with Crippen LogP contribution in [0.4, 0.5) is 0 Å². The van der Waals surface area contributed by atoms with Gasteiger partial charge < -0.3 is 25.0 Å². The Morgan fingerprint density at radius 1 is 1.16 bits per heavy atom. The first kappa shape index (κ1) is 23.3. The van der Waals surface area contributed by atoms with Crippen LogP contribution in [0.15, 0.2) is 42.5 Å². The Bertz CT molecular complexity index is 926. The average molecular weight is 428 g/mol. The van der Waals surface area contributed by atoms with Gasteiger partial charge in [0.05, 0.1) is 11.7 Å². The highest BCUT2D eigenvalue weighted by molar-refractivity contribution is 5.73. The minimum Gasteiger partial charge on any atom is -0.462 e. The molecule has 3 N–H and O–H groups in total. The highest BCUT2D eigenvalue weighted by Gasteiger charge is 2.47. The molecule has 6 heteroatoms. The van der Waals surface area contributed by atoms with E-state index in [4.69, 9.17) is 9.47 Å². The minimum atomic E-state index is -1.15. The number of amides is 1. The Balaban J connectivity index is 1.89. The van der Waals surface area contributed by atoms with E-state index in [1.165, 1.54) is 6.92 Å². The summed E-state index contributed by atoms with van der Waals surface area (Å²) < 4.78 is 12.0. The van der Waals surface area contributed by atoms with Crippen LogP contribution in [0, 0.1) is 12.8 Å². The van der Waals surface area contributed by atoms with Gasteiger partial charge in [-0.15, -0.1) is 0 Å². The third-order valence-corrected chi connectivity index (χ3v) is 6.09. The number of rotatable bonds is 6. The summed E-state index contributed by atoms with van der Waals surface area (Å²) in [6, 6.07) is 13.9. The van der Waals surface area contributed by atoms with Crippen molar-refractivity contribution in [1.82, 2.24) is 5.32 Å². The van der Waals surface area contributed by atoms with Crippen molar-refractivity contribution in [2.75, 3.05) is 6.54 Å².